The van der Waals surface area contributed by atoms with Crippen LogP contribution < -0.4 is 10.6 Å². The van der Waals surface area contributed by atoms with Gasteiger partial charge in [0.1, 0.15) is 5.82 Å². The number of anilines is 1. The number of amides is 1. The highest BCUT2D eigenvalue weighted by Gasteiger charge is 2.26. The van der Waals surface area contributed by atoms with E-state index in [1.54, 1.807) is 18.3 Å². The summed E-state index contributed by atoms with van der Waals surface area (Å²) in [6, 6.07) is 3.83. The average molecular weight is 313 g/mol. The summed E-state index contributed by atoms with van der Waals surface area (Å²) in [6.45, 7) is 4.05. The molecule has 2 N–H and O–H groups in total. The largest absolute Gasteiger partial charge is 0.367 e. The number of nitrogens with one attached hydrogen (secondary N) is 2. The van der Waals surface area contributed by atoms with E-state index in [4.69, 9.17) is 0 Å². The van der Waals surface area contributed by atoms with E-state index in [1.165, 1.54) is 5.69 Å². The van der Waals surface area contributed by atoms with Crippen molar-refractivity contribution in [2.24, 2.45) is 7.05 Å². The Balaban J connectivity index is 1.81. The number of hydrogen-bond acceptors (Lipinski definition) is 4. The maximum Gasteiger partial charge on any atom is 0.255 e. The highest BCUT2D eigenvalue weighted by atomic mass is 16.1. The molecule has 0 fully saturated rings. The molecule has 0 saturated heterocycles. The molecule has 0 unspecified atom stereocenters. The first-order chi connectivity index (χ1) is 11.1. The number of hydrogen-bond donors (Lipinski definition) is 2. The van der Waals surface area contributed by atoms with Gasteiger partial charge in [0, 0.05) is 30.5 Å². The van der Waals surface area contributed by atoms with Gasteiger partial charge in [-0.1, -0.05) is 0 Å². The van der Waals surface area contributed by atoms with Crippen LogP contribution in [0.4, 0.5) is 5.82 Å². The van der Waals surface area contributed by atoms with Gasteiger partial charge in [-0.25, -0.2) is 4.98 Å². The smallest absolute Gasteiger partial charge is 0.255 e. The first-order valence-electron chi connectivity index (χ1n) is 8.09. The van der Waals surface area contributed by atoms with E-state index in [1.807, 2.05) is 31.8 Å². The van der Waals surface area contributed by atoms with Crippen molar-refractivity contribution >= 4 is 11.7 Å². The molecule has 122 valence electrons. The topological polar surface area (TPSA) is 71.8 Å². The minimum Gasteiger partial charge on any atom is -0.367 e. The van der Waals surface area contributed by atoms with Crippen LogP contribution >= 0.6 is 0 Å². The molecular weight excluding hydrogens is 290 g/mol. The molecule has 1 atom stereocenters. The van der Waals surface area contributed by atoms with Gasteiger partial charge in [-0.15, -0.1) is 0 Å². The number of carbonyl (C=O) groups is 1. The summed E-state index contributed by atoms with van der Waals surface area (Å²) in [5.41, 5.74) is 2.93. The third kappa shape index (κ3) is 3.21. The molecule has 0 bridgehead atoms. The summed E-state index contributed by atoms with van der Waals surface area (Å²) in [6.07, 6.45) is 6.59. The highest BCUT2D eigenvalue weighted by Crippen LogP contribution is 2.29. The van der Waals surface area contributed by atoms with Gasteiger partial charge < -0.3 is 10.6 Å². The Bertz CT molecular complexity index is 707. The quantitative estimate of drug-likeness (QED) is 0.909. The van der Waals surface area contributed by atoms with Crippen LogP contribution in [0.1, 0.15) is 54.3 Å². The third-order valence-electron chi connectivity index (χ3n) is 4.16. The van der Waals surface area contributed by atoms with Gasteiger partial charge >= 0.3 is 0 Å². The molecule has 1 amide bonds. The summed E-state index contributed by atoms with van der Waals surface area (Å²) in [5, 5.41) is 10.7. The number of rotatable bonds is 4. The second-order valence-corrected chi connectivity index (χ2v) is 6.29. The van der Waals surface area contributed by atoms with E-state index in [0.29, 0.717) is 11.4 Å². The zero-order chi connectivity index (χ0) is 16.4. The normalized spacial score (nSPS) is 17.0. The Morgan fingerprint density at radius 3 is 3.04 bits per heavy atom. The van der Waals surface area contributed by atoms with Crippen LogP contribution in [0.5, 0.6) is 0 Å². The van der Waals surface area contributed by atoms with Crippen molar-refractivity contribution in [2.75, 3.05) is 5.32 Å². The fraction of sp³-hybridized carbons (Fsp3) is 0.471. The molecule has 3 rings (SSSR count). The van der Waals surface area contributed by atoms with E-state index < -0.39 is 0 Å². The molecule has 0 spiro atoms. The number of aryl methyl sites for hydroxylation is 1. The Morgan fingerprint density at radius 1 is 1.43 bits per heavy atom. The number of aromatic nitrogens is 3. The molecule has 0 aromatic carbocycles. The standard InChI is InChI=1S/C17H23N5O/c1-11(2)20-16-12(6-5-9-18-16)17(23)21-14-7-4-8-15-13(14)10-19-22(15)3/h5-6,9-11,14H,4,7-8H2,1-3H3,(H,18,20)(H,21,23)/t14-/m0/s1. The molecule has 1 aliphatic carbocycles. The molecule has 0 saturated carbocycles. The monoisotopic (exact) mass is 313 g/mol. The average Bonchev–Trinajstić information content (AvgIpc) is 2.90. The molecule has 2 heterocycles. The first-order valence-corrected chi connectivity index (χ1v) is 8.09. The minimum absolute atomic E-state index is 0.0204. The Labute approximate surface area is 136 Å². The molecule has 2 aromatic rings. The van der Waals surface area contributed by atoms with E-state index >= 15 is 0 Å². The van der Waals surface area contributed by atoms with Crippen molar-refractivity contribution < 1.29 is 4.79 Å². The number of fused-ring (bicyclic) bond motifs is 1. The molecule has 1 aliphatic rings. The minimum atomic E-state index is -0.0945. The highest BCUT2D eigenvalue weighted by molar-refractivity contribution is 5.99. The van der Waals surface area contributed by atoms with Crippen LogP contribution in [0.3, 0.4) is 0 Å². The molecule has 6 heteroatoms. The molecule has 0 aliphatic heterocycles. The lowest BCUT2D eigenvalue weighted by molar-refractivity contribution is 0.0933. The van der Waals surface area contributed by atoms with Crippen LogP contribution in [0.25, 0.3) is 0 Å². The molecule has 6 nitrogen and oxygen atoms in total. The zero-order valence-electron chi connectivity index (χ0n) is 13.8. The summed E-state index contributed by atoms with van der Waals surface area (Å²) in [4.78, 5) is 17.0. The van der Waals surface area contributed by atoms with Crippen molar-refractivity contribution in [2.45, 2.75) is 45.2 Å². The molecule has 0 radical (unpaired) electrons. The van der Waals surface area contributed by atoms with Crippen molar-refractivity contribution in [3.63, 3.8) is 0 Å². The second kappa shape index (κ2) is 6.40. The van der Waals surface area contributed by atoms with Gasteiger partial charge in [0.05, 0.1) is 17.8 Å². The maximum atomic E-state index is 12.7. The third-order valence-corrected chi connectivity index (χ3v) is 4.16. The number of carbonyl (C=O) groups excluding carboxylic acids is 1. The lowest BCUT2D eigenvalue weighted by atomic mass is 9.93. The fourth-order valence-corrected chi connectivity index (χ4v) is 3.07. The second-order valence-electron chi connectivity index (χ2n) is 6.29. The van der Waals surface area contributed by atoms with E-state index in [0.717, 1.165) is 24.8 Å². The van der Waals surface area contributed by atoms with Crippen molar-refractivity contribution in [1.29, 1.82) is 0 Å². The molecule has 2 aromatic heterocycles. The van der Waals surface area contributed by atoms with Crippen LogP contribution in [-0.2, 0) is 13.5 Å². The van der Waals surface area contributed by atoms with Crippen molar-refractivity contribution in [3.8, 4) is 0 Å². The first kappa shape index (κ1) is 15.5. The van der Waals surface area contributed by atoms with Crippen LogP contribution in [-0.4, -0.2) is 26.7 Å². The van der Waals surface area contributed by atoms with Gasteiger partial charge in [-0.05, 0) is 45.2 Å². The van der Waals surface area contributed by atoms with Crippen LogP contribution in [0.15, 0.2) is 24.5 Å². The number of nitrogens with zero attached hydrogens (tertiary/aromatic N) is 3. The van der Waals surface area contributed by atoms with Crippen molar-refractivity contribution in [3.05, 3.63) is 41.3 Å². The van der Waals surface area contributed by atoms with E-state index in [-0.39, 0.29) is 18.0 Å². The van der Waals surface area contributed by atoms with Gasteiger partial charge in [-0.3, -0.25) is 9.48 Å². The van der Waals surface area contributed by atoms with Crippen molar-refractivity contribution in [1.82, 2.24) is 20.1 Å². The lowest BCUT2D eigenvalue weighted by Gasteiger charge is -2.24. The molecule has 23 heavy (non-hydrogen) atoms. The van der Waals surface area contributed by atoms with Crippen LogP contribution in [0.2, 0.25) is 0 Å². The predicted molar refractivity (Wildman–Crippen MR) is 89.3 cm³/mol. The van der Waals surface area contributed by atoms with Gasteiger partial charge in [0.2, 0.25) is 0 Å². The zero-order valence-corrected chi connectivity index (χ0v) is 13.8. The van der Waals surface area contributed by atoms with E-state index in [9.17, 15) is 4.79 Å². The summed E-state index contributed by atoms with van der Waals surface area (Å²) >= 11 is 0. The summed E-state index contributed by atoms with van der Waals surface area (Å²) in [7, 11) is 1.95. The van der Waals surface area contributed by atoms with Gasteiger partial charge in [0.25, 0.3) is 5.91 Å². The Hall–Kier alpha value is -2.37. The maximum absolute atomic E-state index is 12.7. The van der Waals surface area contributed by atoms with E-state index in [2.05, 4.69) is 20.7 Å². The SMILES string of the molecule is CC(C)Nc1ncccc1C(=O)N[C@H]1CCCc2c1cnn2C. The fourth-order valence-electron chi connectivity index (χ4n) is 3.07. The van der Waals surface area contributed by atoms with Gasteiger partial charge in [-0.2, -0.15) is 5.10 Å². The molecular formula is C17H23N5O. The predicted octanol–water partition coefficient (Wildman–Crippen LogP) is 2.44. The van der Waals surface area contributed by atoms with Gasteiger partial charge in [0.15, 0.2) is 0 Å². The summed E-state index contributed by atoms with van der Waals surface area (Å²) in [5.74, 6) is 0.533. The van der Waals surface area contributed by atoms with Crippen LogP contribution in [0, 0.1) is 0 Å². The number of pyridine rings is 1. The lowest BCUT2D eigenvalue weighted by Crippen LogP contribution is -2.32. The Morgan fingerprint density at radius 2 is 2.26 bits per heavy atom. The summed E-state index contributed by atoms with van der Waals surface area (Å²) < 4.78 is 1.91. The Kier molecular flexibility index (Phi) is 4.32.